The topological polar surface area (TPSA) is 32.3 Å². The van der Waals surface area contributed by atoms with Crippen LogP contribution in [0.25, 0.3) is 0 Å². The van der Waals surface area contributed by atoms with Gasteiger partial charge in [-0.15, -0.1) is 0 Å². The van der Waals surface area contributed by atoms with Crippen molar-refractivity contribution in [2.75, 3.05) is 6.54 Å². The van der Waals surface area contributed by atoms with Crippen LogP contribution >= 0.6 is 11.6 Å². The number of rotatable bonds is 5. The Hall–Kier alpha value is -0.730. The van der Waals surface area contributed by atoms with Gasteiger partial charge in [-0.1, -0.05) is 37.9 Å². The summed E-state index contributed by atoms with van der Waals surface area (Å²) in [6, 6.07) is 5.20. The molecule has 0 saturated heterocycles. The summed E-state index contributed by atoms with van der Waals surface area (Å²) in [6.07, 6.45) is 1.15. The maximum Gasteiger partial charge on any atom is 0.121 e. The second-order valence-electron chi connectivity index (χ2n) is 3.88. The summed E-state index contributed by atoms with van der Waals surface area (Å²) >= 11 is 5.98. The molecule has 1 aromatic carbocycles. The van der Waals surface area contributed by atoms with Crippen molar-refractivity contribution < 1.29 is 5.11 Å². The minimum Gasteiger partial charge on any atom is -0.508 e. The van der Waals surface area contributed by atoms with Gasteiger partial charge in [0.05, 0.1) is 0 Å². The monoisotopic (exact) mass is 227 g/mol. The number of nitrogens with one attached hydrogen (secondary N) is 1. The molecule has 0 aliphatic carbocycles. The number of aromatic hydroxyl groups is 1. The van der Waals surface area contributed by atoms with Gasteiger partial charge < -0.3 is 10.4 Å². The number of hydrogen-bond donors (Lipinski definition) is 2. The third-order valence-electron chi connectivity index (χ3n) is 2.59. The molecule has 0 spiro atoms. The van der Waals surface area contributed by atoms with Gasteiger partial charge in [-0.05, 0) is 24.6 Å². The summed E-state index contributed by atoms with van der Waals surface area (Å²) in [4.78, 5) is 0. The highest BCUT2D eigenvalue weighted by molar-refractivity contribution is 6.31. The van der Waals surface area contributed by atoms with Gasteiger partial charge in [0, 0.05) is 17.1 Å². The fourth-order valence-corrected chi connectivity index (χ4v) is 1.55. The van der Waals surface area contributed by atoms with Crippen molar-refractivity contribution in [2.45, 2.75) is 26.8 Å². The zero-order valence-electron chi connectivity index (χ0n) is 9.26. The van der Waals surface area contributed by atoms with Crippen LogP contribution in [-0.2, 0) is 6.54 Å². The van der Waals surface area contributed by atoms with E-state index in [1.54, 1.807) is 18.2 Å². The molecule has 1 atom stereocenters. The molecule has 0 bridgehead atoms. The van der Waals surface area contributed by atoms with Gasteiger partial charge in [-0.25, -0.2) is 0 Å². The van der Waals surface area contributed by atoms with Crippen LogP contribution < -0.4 is 5.32 Å². The number of phenolic OH excluding ortho intramolecular Hbond substituents is 1. The van der Waals surface area contributed by atoms with E-state index in [9.17, 15) is 5.11 Å². The predicted octanol–water partition coefficient (Wildman–Crippen LogP) is 3.18. The van der Waals surface area contributed by atoms with E-state index in [4.69, 9.17) is 11.6 Å². The molecule has 0 aliphatic rings. The van der Waals surface area contributed by atoms with Crippen LogP contribution in [0, 0.1) is 5.92 Å². The molecule has 0 aliphatic heterocycles. The van der Waals surface area contributed by atoms with Gasteiger partial charge in [-0.2, -0.15) is 0 Å². The molecule has 1 unspecified atom stereocenters. The first-order chi connectivity index (χ1) is 7.15. The lowest BCUT2D eigenvalue weighted by molar-refractivity contribution is 0.456. The van der Waals surface area contributed by atoms with E-state index in [1.807, 2.05) is 0 Å². The molecule has 0 amide bonds. The highest BCUT2D eigenvalue weighted by Crippen LogP contribution is 2.24. The van der Waals surface area contributed by atoms with Crippen LogP contribution in [0.1, 0.15) is 25.8 Å². The van der Waals surface area contributed by atoms with E-state index in [0.717, 1.165) is 18.5 Å². The number of hydrogen-bond acceptors (Lipinski definition) is 2. The Kier molecular flexibility index (Phi) is 4.92. The summed E-state index contributed by atoms with van der Waals surface area (Å²) < 4.78 is 0. The maximum absolute atomic E-state index is 9.59. The Morgan fingerprint density at radius 2 is 2.20 bits per heavy atom. The Labute approximate surface area is 96.3 Å². The molecular weight excluding hydrogens is 210 g/mol. The normalized spacial score (nSPS) is 12.7. The first-order valence-corrected chi connectivity index (χ1v) is 5.70. The second kappa shape index (κ2) is 5.99. The van der Waals surface area contributed by atoms with Crippen LogP contribution in [0.2, 0.25) is 5.02 Å². The van der Waals surface area contributed by atoms with E-state index in [-0.39, 0.29) is 5.75 Å². The van der Waals surface area contributed by atoms with Gasteiger partial charge in [0.2, 0.25) is 0 Å². The first kappa shape index (κ1) is 12.3. The van der Waals surface area contributed by atoms with Crippen LogP contribution in [0.4, 0.5) is 0 Å². The lowest BCUT2D eigenvalue weighted by Crippen LogP contribution is -2.20. The molecule has 0 heterocycles. The summed E-state index contributed by atoms with van der Waals surface area (Å²) in [5.74, 6) is 0.911. The predicted molar refractivity (Wildman–Crippen MR) is 64.3 cm³/mol. The van der Waals surface area contributed by atoms with Crippen molar-refractivity contribution in [2.24, 2.45) is 5.92 Å². The van der Waals surface area contributed by atoms with E-state index in [0.29, 0.717) is 17.5 Å². The number of halogens is 1. The quantitative estimate of drug-likeness (QED) is 0.810. The summed E-state index contributed by atoms with van der Waals surface area (Å²) in [5, 5.41) is 13.5. The Bertz CT molecular complexity index is 294. The lowest BCUT2D eigenvalue weighted by atomic mass is 10.1. The molecule has 2 nitrogen and oxygen atoms in total. The van der Waals surface area contributed by atoms with E-state index in [1.165, 1.54) is 0 Å². The molecule has 2 N–H and O–H groups in total. The molecule has 0 aromatic heterocycles. The average Bonchev–Trinajstić information content (AvgIpc) is 2.22. The van der Waals surface area contributed by atoms with Crippen LogP contribution in [0.5, 0.6) is 5.75 Å². The van der Waals surface area contributed by atoms with Crippen molar-refractivity contribution in [3.05, 3.63) is 28.8 Å². The molecule has 0 fully saturated rings. The fraction of sp³-hybridized carbons (Fsp3) is 0.500. The average molecular weight is 228 g/mol. The molecular formula is C12H18ClNO. The van der Waals surface area contributed by atoms with Crippen molar-refractivity contribution in [3.8, 4) is 5.75 Å². The second-order valence-corrected chi connectivity index (χ2v) is 4.29. The van der Waals surface area contributed by atoms with Crippen LogP contribution in [0.3, 0.4) is 0 Å². The van der Waals surface area contributed by atoms with Gasteiger partial charge in [0.15, 0.2) is 0 Å². The van der Waals surface area contributed by atoms with Gasteiger partial charge in [0.25, 0.3) is 0 Å². The first-order valence-electron chi connectivity index (χ1n) is 5.32. The van der Waals surface area contributed by atoms with Gasteiger partial charge in [-0.3, -0.25) is 0 Å². The molecule has 1 aromatic rings. The van der Waals surface area contributed by atoms with Crippen molar-refractivity contribution in [3.63, 3.8) is 0 Å². The fourth-order valence-electron chi connectivity index (χ4n) is 1.31. The Morgan fingerprint density at radius 1 is 1.47 bits per heavy atom. The molecule has 1 rings (SSSR count). The maximum atomic E-state index is 9.59. The molecule has 0 saturated carbocycles. The Morgan fingerprint density at radius 3 is 2.80 bits per heavy atom. The van der Waals surface area contributed by atoms with Gasteiger partial charge in [0.1, 0.15) is 5.75 Å². The smallest absolute Gasteiger partial charge is 0.121 e. The lowest BCUT2D eigenvalue weighted by Gasteiger charge is -2.11. The van der Waals surface area contributed by atoms with E-state index in [2.05, 4.69) is 19.2 Å². The third-order valence-corrected chi connectivity index (χ3v) is 2.94. The minimum atomic E-state index is 0.263. The minimum absolute atomic E-state index is 0.263. The number of phenols is 1. The van der Waals surface area contributed by atoms with Crippen molar-refractivity contribution in [1.82, 2.24) is 5.32 Å². The van der Waals surface area contributed by atoms with Crippen LogP contribution in [-0.4, -0.2) is 11.7 Å². The SMILES string of the molecule is CCC(C)CNCc1c(O)cccc1Cl. The summed E-state index contributed by atoms with van der Waals surface area (Å²) in [6.45, 7) is 5.93. The largest absolute Gasteiger partial charge is 0.508 e. The number of benzene rings is 1. The van der Waals surface area contributed by atoms with Crippen molar-refractivity contribution in [1.29, 1.82) is 0 Å². The van der Waals surface area contributed by atoms with Crippen LogP contribution in [0.15, 0.2) is 18.2 Å². The molecule has 3 heteroatoms. The highest BCUT2D eigenvalue weighted by atomic mass is 35.5. The molecule has 0 radical (unpaired) electrons. The van der Waals surface area contributed by atoms with E-state index < -0.39 is 0 Å². The zero-order valence-corrected chi connectivity index (χ0v) is 10.0. The standard InChI is InChI=1S/C12H18ClNO/c1-3-9(2)7-14-8-10-11(13)5-4-6-12(10)15/h4-6,9,14-15H,3,7-8H2,1-2H3. The summed E-state index contributed by atoms with van der Waals surface area (Å²) in [7, 11) is 0. The molecule has 84 valence electrons. The van der Waals surface area contributed by atoms with E-state index >= 15 is 0 Å². The van der Waals surface area contributed by atoms with Crippen molar-refractivity contribution >= 4 is 11.6 Å². The van der Waals surface area contributed by atoms with Gasteiger partial charge >= 0.3 is 0 Å². The molecule has 15 heavy (non-hydrogen) atoms. The Balaban J connectivity index is 2.50. The highest BCUT2D eigenvalue weighted by Gasteiger charge is 2.05. The summed E-state index contributed by atoms with van der Waals surface area (Å²) in [5.41, 5.74) is 0.780. The zero-order chi connectivity index (χ0) is 11.3. The third kappa shape index (κ3) is 3.73.